The first-order valence-corrected chi connectivity index (χ1v) is 12.9. The molecular formula is C25H28N2O6S. The normalized spacial score (nSPS) is 14.9. The van der Waals surface area contributed by atoms with Gasteiger partial charge in [0.05, 0.1) is 29.4 Å². The lowest BCUT2D eigenvalue weighted by Crippen LogP contribution is -2.36. The zero-order valence-corrected chi connectivity index (χ0v) is 19.9. The summed E-state index contributed by atoms with van der Waals surface area (Å²) in [7, 11) is -3.60. The van der Waals surface area contributed by atoms with E-state index in [9.17, 15) is 13.2 Å². The minimum Gasteiger partial charge on any atom is -0.478 e. The van der Waals surface area contributed by atoms with Gasteiger partial charge in [0.1, 0.15) is 11.5 Å². The summed E-state index contributed by atoms with van der Waals surface area (Å²) in [5.41, 5.74) is 2.18. The molecule has 34 heavy (non-hydrogen) atoms. The Hall–Kier alpha value is -3.01. The van der Waals surface area contributed by atoms with Crippen molar-refractivity contribution in [3.05, 3.63) is 71.1 Å². The van der Waals surface area contributed by atoms with Gasteiger partial charge in [0.2, 0.25) is 5.89 Å². The number of carbonyl (C=O) groups is 1. The number of sulfone groups is 1. The number of hydrogen-bond acceptors (Lipinski definition) is 7. The lowest BCUT2D eigenvalue weighted by atomic mass is 10.1. The number of nitrogens with zero attached hydrogens (tertiary/aromatic N) is 2. The van der Waals surface area contributed by atoms with Crippen LogP contribution < -0.4 is 0 Å². The van der Waals surface area contributed by atoms with Gasteiger partial charge in [-0.25, -0.2) is 18.2 Å². The van der Waals surface area contributed by atoms with E-state index >= 15 is 0 Å². The minimum absolute atomic E-state index is 0.152. The van der Waals surface area contributed by atoms with E-state index in [1.807, 2.05) is 12.1 Å². The summed E-state index contributed by atoms with van der Waals surface area (Å²) in [6.45, 7) is 6.19. The van der Waals surface area contributed by atoms with Crippen LogP contribution in [0.1, 0.15) is 33.8 Å². The van der Waals surface area contributed by atoms with Crippen molar-refractivity contribution in [2.24, 2.45) is 0 Å². The van der Waals surface area contributed by atoms with Crippen LogP contribution in [0.4, 0.5) is 0 Å². The van der Waals surface area contributed by atoms with Gasteiger partial charge in [-0.15, -0.1) is 0 Å². The van der Waals surface area contributed by atoms with E-state index in [0.29, 0.717) is 17.0 Å². The average Bonchev–Trinajstić information content (AvgIpc) is 3.19. The third-order valence-corrected chi connectivity index (χ3v) is 7.57. The second-order valence-electron chi connectivity index (χ2n) is 8.37. The van der Waals surface area contributed by atoms with E-state index in [2.05, 4.69) is 9.88 Å². The number of hydrogen-bond donors (Lipinski definition) is 1. The van der Waals surface area contributed by atoms with Gasteiger partial charge in [-0.2, -0.15) is 0 Å². The fourth-order valence-corrected chi connectivity index (χ4v) is 5.24. The maximum atomic E-state index is 13.0. The lowest BCUT2D eigenvalue weighted by molar-refractivity contribution is 0.0374. The van der Waals surface area contributed by atoms with Crippen LogP contribution in [-0.4, -0.2) is 62.2 Å². The van der Waals surface area contributed by atoms with Crippen LogP contribution in [0.5, 0.6) is 0 Å². The number of carboxylic acids is 1. The molecule has 0 saturated carbocycles. The molecular weight excluding hydrogens is 456 g/mol. The molecule has 9 heteroatoms. The molecule has 1 saturated heterocycles. The largest absolute Gasteiger partial charge is 0.478 e. The maximum Gasteiger partial charge on any atom is 0.335 e. The molecule has 0 radical (unpaired) electrons. The molecule has 0 unspecified atom stereocenters. The standard InChI is InChI=1S/C25H28N2O6S/c1-18-23(26-24(33-18)20-6-8-21(9-7-20)25(28)29)17-34(30,31)22-10-4-19(5-11-22)3-2-12-27-13-15-32-16-14-27/h4-11H,2-3,12-17H2,1H3,(H,28,29). The number of aryl methyl sites for hydroxylation is 2. The molecule has 1 aliphatic rings. The maximum absolute atomic E-state index is 13.0. The monoisotopic (exact) mass is 484 g/mol. The van der Waals surface area contributed by atoms with Crippen molar-refractivity contribution in [3.8, 4) is 11.5 Å². The van der Waals surface area contributed by atoms with Crippen LogP contribution in [0, 0.1) is 6.92 Å². The highest BCUT2D eigenvalue weighted by molar-refractivity contribution is 7.90. The van der Waals surface area contributed by atoms with E-state index in [4.69, 9.17) is 14.3 Å². The fourth-order valence-electron chi connectivity index (χ4n) is 3.90. The predicted molar refractivity (Wildman–Crippen MR) is 127 cm³/mol. The number of oxazole rings is 1. The fraction of sp³-hybridized carbons (Fsp3) is 0.360. The van der Waals surface area contributed by atoms with Crippen molar-refractivity contribution in [2.75, 3.05) is 32.8 Å². The molecule has 8 nitrogen and oxygen atoms in total. The number of carboxylic acid groups (broad SMARTS) is 1. The summed E-state index contributed by atoms with van der Waals surface area (Å²) < 4.78 is 37.0. The Labute approximate surface area is 199 Å². The summed E-state index contributed by atoms with van der Waals surface area (Å²) in [6, 6.07) is 13.1. The van der Waals surface area contributed by atoms with Crippen LogP contribution in [0.25, 0.3) is 11.5 Å². The van der Waals surface area contributed by atoms with E-state index in [-0.39, 0.29) is 22.1 Å². The van der Waals surface area contributed by atoms with Crippen LogP contribution in [0.15, 0.2) is 57.8 Å². The van der Waals surface area contributed by atoms with E-state index in [1.54, 1.807) is 31.2 Å². The molecule has 0 aliphatic carbocycles. The van der Waals surface area contributed by atoms with E-state index in [0.717, 1.165) is 51.3 Å². The second kappa shape index (κ2) is 10.5. The first-order valence-electron chi connectivity index (χ1n) is 11.2. The number of ether oxygens (including phenoxy) is 1. The molecule has 0 bridgehead atoms. The van der Waals surface area contributed by atoms with Gasteiger partial charge < -0.3 is 14.3 Å². The van der Waals surface area contributed by atoms with E-state index in [1.165, 1.54) is 12.1 Å². The van der Waals surface area contributed by atoms with Crippen molar-refractivity contribution in [1.29, 1.82) is 0 Å². The van der Waals surface area contributed by atoms with Gasteiger partial charge in [0, 0.05) is 18.7 Å². The molecule has 180 valence electrons. The number of aromatic nitrogens is 1. The zero-order valence-electron chi connectivity index (χ0n) is 19.1. The third-order valence-electron chi connectivity index (χ3n) is 5.92. The molecule has 2 aromatic carbocycles. The molecule has 2 heterocycles. The van der Waals surface area contributed by atoms with Gasteiger partial charge >= 0.3 is 5.97 Å². The number of rotatable bonds is 9. The van der Waals surface area contributed by atoms with Crippen molar-refractivity contribution in [1.82, 2.24) is 9.88 Å². The van der Waals surface area contributed by atoms with Gasteiger partial charge in [-0.1, -0.05) is 12.1 Å². The summed E-state index contributed by atoms with van der Waals surface area (Å²) in [4.78, 5) is 18.0. The molecule has 1 aliphatic heterocycles. The lowest BCUT2D eigenvalue weighted by Gasteiger charge is -2.26. The van der Waals surface area contributed by atoms with Gasteiger partial charge in [0.15, 0.2) is 9.84 Å². The predicted octanol–water partition coefficient (Wildman–Crippen LogP) is 3.59. The highest BCUT2D eigenvalue weighted by Gasteiger charge is 2.21. The van der Waals surface area contributed by atoms with Gasteiger partial charge in [0.25, 0.3) is 0 Å². The summed E-state index contributed by atoms with van der Waals surface area (Å²) in [5.74, 6) is -0.618. The molecule has 3 aromatic rings. The van der Waals surface area contributed by atoms with Crippen molar-refractivity contribution >= 4 is 15.8 Å². The van der Waals surface area contributed by atoms with Gasteiger partial charge in [-0.3, -0.25) is 4.90 Å². The number of benzene rings is 2. The van der Waals surface area contributed by atoms with Crippen LogP contribution in [0.2, 0.25) is 0 Å². The molecule has 1 aromatic heterocycles. The molecule has 0 atom stereocenters. The topological polar surface area (TPSA) is 110 Å². The Morgan fingerprint density at radius 3 is 2.38 bits per heavy atom. The SMILES string of the molecule is Cc1oc(-c2ccc(C(=O)O)cc2)nc1CS(=O)(=O)c1ccc(CCCN2CCOCC2)cc1. The average molecular weight is 485 g/mol. The first kappa shape index (κ1) is 24.1. The Kier molecular flexibility index (Phi) is 7.45. The first-order chi connectivity index (χ1) is 16.3. The molecule has 4 rings (SSSR count). The number of morpholine rings is 1. The van der Waals surface area contributed by atoms with Crippen LogP contribution in [-0.2, 0) is 26.7 Å². The molecule has 1 fully saturated rings. The smallest absolute Gasteiger partial charge is 0.335 e. The van der Waals surface area contributed by atoms with Crippen LogP contribution >= 0.6 is 0 Å². The van der Waals surface area contributed by atoms with Crippen molar-refractivity contribution in [2.45, 2.75) is 30.4 Å². The highest BCUT2D eigenvalue weighted by Crippen LogP contribution is 2.25. The van der Waals surface area contributed by atoms with E-state index < -0.39 is 15.8 Å². The summed E-state index contributed by atoms with van der Waals surface area (Å²) in [5, 5.41) is 9.03. The second-order valence-corrected chi connectivity index (χ2v) is 10.4. The molecule has 0 spiro atoms. The third kappa shape index (κ3) is 5.91. The van der Waals surface area contributed by atoms with Crippen LogP contribution in [0.3, 0.4) is 0 Å². The zero-order chi connectivity index (χ0) is 24.1. The minimum atomic E-state index is -3.60. The summed E-state index contributed by atoms with van der Waals surface area (Å²) in [6.07, 6.45) is 1.91. The Morgan fingerprint density at radius 1 is 1.06 bits per heavy atom. The number of aromatic carboxylic acids is 1. The van der Waals surface area contributed by atoms with Crippen molar-refractivity contribution < 1.29 is 27.5 Å². The molecule has 0 amide bonds. The quantitative estimate of drug-likeness (QED) is 0.491. The Morgan fingerprint density at radius 2 is 1.74 bits per heavy atom. The highest BCUT2D eigenvalue weighted by atomic mass is 32.2. The Bertz CT molecular complexity index is 1230. The van der Waals surface area contributed by atoms with Gasteiger partial charge in [-0.05, 0) is 68.3 Å². The van der Waals surface area contributed by atoms with Crippen molar-refractivity contribution in [3.63, 3.8) is 0 Å². The summed E-state index contributed by atoms with van der Waals surface area (Å²) >= 11 is 0. The Balaban J connectivity index is 1.39. The molecule has 1 N–H and O–H groups in total.